The van der Waals surface area contributed by atoms with Crippen molar-refractivity contribution in [3.8, 4) is 5.75 Å². The summed E-state index contributed by atoms with van der Waals surface area (Å²) in [7, 11) is 0. The van der Waals surface area contributed by atoms with E-state index in [2.05, 4.69) is 5.16 Å². The first kappa shape index (κ1) is 31.1. The lowest BCUT2D eigenvalue weighted by atomic mass is 9.93. The number of hydrogen-bond acceptors (Lipinski definition) is 8. The Bertz CT molecular complexity index is 1160. The van der Waals surface area contributed by atoms with Crippen molar-refractivity contribution in [1.29, 1.82) is 0 Å². The number of esters is 1. The Morgan fingerprint density at radius 2 is 2.00 bits per heavy atom. The molecule has 2 heterocycles. The monoisotopic (exact) mass is 587 g/mol. The number of nitrogens with two attached hydrogens (primary N) is 1. The molecule has 0 spiro atoms. The second-order valence-electron chi connectivity index (χ2n) is 11.0. The summed E-state index contributed by atoms with van der Waals surface area (Å²) in [6, 6.07) is 1.58. The lowest BCUT2D eigenvalue weighted by Gasteiger charge is -2.26. The molecule has 0 radical (unpaired) electrons. The summed E-state index contributed by atoms with van der Waals surface area (Å²) in [6.07, 6.45) is 14.0. The van der Waals surface area contributed by atoms with E-state index in [4.69, 9.17) is 31.6 Å². The molecule has 1 amide bonds. The highest BCUT2D eigenvalue weighted by Gasteiger charge is 2.33. The molecule has 2 atom stereocenters. The van der Waals surface area contributed by atoms with Crippen LogP contribution in [0.1, 0.15) is 85.7 Å². The van der Waals surface area contributed by atoms with E-state index in [1.54, 1.807) is 17.0 Å². The van der Waals surface area contributed by atoms with Gasteiger partial charge in [-0.15, -0.1) is 0 Å². The van der Waals surface area contributed by atoms with Crippen LogP contribution in [0.15, 0.2) is 35.5 Å². The highest BCUT2D eigenvalue weighted by Crippen LogP contribution is 2.46. The number of likely N-dealkylation sites (tertiary alicyclic amines) is 1. The molecule has 1 saturated heterocycles. The Morgan fingerprint density at radius 1 is 1.22 bits per heavy atom. The summed E-state index contributed by atoms with van der Waals surface area (Å²) >= 11 is 6.63. The van der Waals surface area contributed by atoms with E-state index < -0.39 is 5.97 Å². The lowest BCUT2D eigenvalue weighted by molar-refractivity contribution is -0.137. The van der Waals surface area contributed by atoms with Crippen LogP contribution in [-0.2, 0) is 25.5 Å². The topological polar surface area (TPSA) is 124 Å². The number of oxime groups is 1. The molecule has 0 aromatic heterocycles. The largest absolute Gasteiger partial charge is 0.506 e. The number of allylic oxidation sites excluding steroid dienone is 1. The van der Waals surface area contributed by atoms with Gasteiger partial charge in [-0.3, -0.25) is 4.79 Å². The van der Waals surface area contributed by atoms with Gasteiger partial charge in [0.05, 0.1) is 22.4 Å². The number of amides is 1. The molecule has 41 heavy (non-hydrogen) atoms. The zero-order chi connectivity index (χ0) is 29.2. The van der Waals surface area contributed by atoms with Gasteiger partial charge >= 0.3 is 5.97 Å². The Hall–Kier alpha value is -2.88. The molecule has 1 saturated carbocycles. The Labute approximate surface area is 247 Å². The number of benzene rings is 1. The number of hydrogen-bond donors (Lipinski definition) is 2. The molecule has 1 aromatic rings. The minimum Gasteiger partial charge on any atom is -0.506 e. The molecule has 1 unspecified atom stereocenters. The van der Waals surface area contributed by atoms with E-state index in [1.807, 2.05) is 25.2 Å². The molecule has 3 aliphatic rings. The van der Waals surface area contributed by atoms with Crippen molar-refractivity contribution >= 4 is 29.2 Å². The summed E-state index contributed by atoms with van der Waals surface area (Å²) in [5.74, 6) is -0.520. The minimum absolute atomic E-state index is 0.0782. The third kappa shape index (κ3) is 9.05. The fraction of sp³-hybridized carbons (Fsp3) is 0.581. The molecule has 2 aliphatic heterocycles. The summed E-state index contributed by atoms with van der Waals surface area (Å²) in [4.78, 5) is 33.6. The standard InChI is InChI=1S/C31H42ClN3O6/c1-21-8-5-10-24(39-17-7-14-33)11-6-9-23(34-40-20-28(37)35-15-3-2-4-16-35)18-26-29(31(38)41-21)25(22-12-13-22)19-27(36)30(26)32/h5-6,9-10,19,21-22,24,36H,2-4,7-8,11-18,20,33H2,1H3/b9-6+,10-5+,34-23-/t21-,24?/m1/s1. The van der Waals surface area contributed by atoms with Gasteiger partial charge < -0.3 is 30.1 Å². The van der Waals surface area contributed by atoms with Gasteiger partial charge in [0.2, 0.25) is 0 Å². The number of piperidine rings is 1. The number of nitrogens with zero attached hydrogens (tertiary/aromatic N) is 2. The first-order chi connectivity index (χ1) is 19.9. The number of aromatic hydroxyl groups is 1. The van der Waals surface area contributed by atoms with E-state index in [1.165, 1.54) is 0 Å². The highest BCUT2D eigenvalue weighted by atomic mass is 35.5. The number of rotatable bonds is 8. The van der Waals surface area contributed by atoms with Crippen LogP contribution in [0.3, 0.4) is 0 Å². The average Bonchev–Trinajstić information content (AvgIpc) is 3.80. The van der Waals surface area contributed by atoms with E-state index in [-0.39, 0.29) is 47.8 Å². The fourth-order valence-electron chi connectivity index (χ4n) is 5.12. The van der Waals surface area contributed by atoms with E-state index in [0.717, 1.165) is 57.2 Å². The fourth-order valence-corrected chi connectivity index (χ4v) is 5.34. The lowest BCUT2D eigenvalue weighted by Crippen LogP contribution is -2.37. The second-order valence-corrected chi connectivity index (χ2v) is 11.3. The van der Waals surface area contributed by atoms with Crippen molar-refractivity contribution in [2.75, 3.05) is 32.8 Å². The first-order valence-corrected chi connectivity index (χ1v) is 15.1. The molecule has 1 aliphatic carbocycles. The van der Waals surface area contributed by atoms with Gasteiger partial charge in [-0.25, -0.2) is 4.79 Å². The van der Waals surface area contributed by atoms with Crippen LogP contribution in [0.5, 0.6) is 5.75 Å². The maximum Gasteiger partial charge on any atom is 0.339 e. The van der Waals surface area contributed by atoms with Gasteiger partial charge in [-0.2, -0.15) is 0 Å². The average molecular weight is 588 g/mol. The number of phenolic OH excluding ortho intramolecular Hbond substituents is 1. The van der Waals surface area contributed by atoms with Gasteiger partial charge in [0.25, 0.3) is 5.91 Å². The minimum atomic E-state index is -0.484. The third-order valence-electron chi connectivity index (χ3n) is 7.52. The molecule has 2 fully saturated rings. The quantitative estimate of drug-likeness (QED) is 0.189. The molecule has 4 rings (SSSR count). The second kappa shape index (κ2) is 15.4. The highest BCUT2D eigenvalue weighted by molar-refractivity contribution is 6.33. The molecule has 1 aromatic carbocycles. The van der Waals surface area contributed by atoms with E-state index >= 15 is 0 Å². The van der Waals surface area contributed by atoms with Crippen molar-refractivity contribution in [1.82, 2.24) is 4.90 Å². The van der Waals surface area contributed by atoms with Gasteiger partial charge in [-0.05, 0) is 87.6 Å². The molecule has 224 valence electrons. The molecular formula is C31H42ClN3O6. The number of ether oxygens (including phenoxy) is 2. The molecule has 10 heteroatoms. The number of halogens is 1. The van der Waals surface area contributed by atoms with E-state index in [9.17, 15) is 14.7 Å². The molecule has 3 N–H and O–H groups in total. The predicted octanol–water partition coefficient (Wildman–Crippen LogP) is 5.04. The summed E-state index contributed by atoms with van der Waals surface area (Å²) in [5.41, 5.74) is 7.62. The number of carbonyl (C=O) groups excluding carboxylic acids is 2. The van der Waals surface area contributed by atoms with Crippen LogP contribution in [0.4, 0.5) is 0 Å². The van der Waals surface area contributed by atoms with Crippen molar-refractivity contribution in [3.05, 3.63) is 52.1 Å². The Morgan fingerprint density at radius 3 is 2.73 bits per heavy atom. The Balaban J connectivity index is 1.65. The van der Waals surface area contributed by atoms with Crippen LogP contribution in [-0.4, -0.2) is 72.7 Å². The molecule has 9 nitrogen and oxygen atoms in total. The van der Waals surface area contributed by atoms with Gasteiger partial charge in [0, 0.05) is 32.5 Å². The maximum absolute atomic E-state index is 13.6. The van der Waals surface area contributed by atoms with Crippen molar-refractivity contribution in [3.63, 3.8) is 0 Å². The van der Waals surface area contributed by atoms with Crippen LogP contribution in [0.25, 0.3) is 0 Å². The normalized spacial score (nSPS) is 24.7. The molecule has 0 bridgehead atoms. The van der Waals surface area contributed by atoms with Crippen LogP contribution < -0.4 is 5.73 Å². The zero-order valence-electron chi connectivity index (χ0n) is 23.9. The van der Waals surface area contributed by atoms with Crippen LogP contribution in [0.2, 0.25) is 5.02 Å². The van der Waals surface area contributed by atoms with E-state index in [0.29, 0.717) is 42.8 Å². The summed E-state index contributed by atoms with van der Waals surface area (Å²) in [5, 5.41) is 15.1. The van der Waals surface area contributed by atoms with Crippen LogP contribution in [0, 0.1) is 0 Å². The number of fused-ring (bicyclic) bond motifs is 1. The SMILES string of the molecule is C[C@@H]1C/C=C/C(OCCCN)C/C=C/C(=N/OCC(=O)N2CCCCC2)Cc2c(Cl)c(O)cc(C3CC3)c2C(=O)O1. The number of phenols is 1. The molecular weight excluding hydrogens is 546 g/mol. The third-order valence-corrected chi connectivity index (χ3v) is 7.94. The summed E-state index contributed by atoms with van der Waals surface area (Å²) < 4.78 is 11.9. The number of cyclic esters (lactones) is 1. The van der Waals surface area contributed by atoms with Crippen molar-refractivity contribution in [2.45, 2.75) is 82.8 Å². The van der Waals surface area contributed by atoms with Gasteiger partial charge in [-0.1, -0.05) is 35.0 Å². The smallest absolute Gasteiger partial charge is 0.339 e. The van der Waals surface area contributed by atoms with Crippen LogP contribution >= 0.6 is 11.6 Å². The van der Waals surface area contributed by atoms with Gasteiger partial charge in [0.1, 0.15) is 11.9 Å². The summed E-state index contributed by atoms with van der Waals surface area (Å²) in [6.45, 7) is 4.18. The van der Waals surface area contributed by atoms with Crippen molar-refractivity contribution in [2.24, 2.45) is 10.9 Å². The van der Waals surface area contributed by atoms with Crippen molar-refractivity contribution < 1.29 is 29.0 Å². The predicted molar refractivity (Wildman–Crippen MR) is 158 cm³/mol. The maximum atomic E-state index is 13.6. The zero-order valence-corrected chi connectivity index (χ0v) is 24.6. The number of carbonyl (C=O) groups is 2. The first-order valence-electron chi connectivity index (χ1n) is 14.7. The Kier molecular flexibility index (Phi) is 11.7. The van der Waals surface area contributed by atoms with Gasteiger partial charge in [0.15, 0.2) is 6.61 Å².